The Labute approximate surface area is 103 Å². The molecule has 0 aliphatic heterocycles. The molecule has 0 aliphatic carbocycles. The molecule has 1 aromatic rings. The molecule has 1 rings (SSSR count). The Morgan fingerprint density at radius 3 is 2.65 bits per heavy atom. The highest BCUT2D eigenvalue weighted by molar-refractivity contribution is 6.31. The van der Waals surface area contributed by atoms with E-state index in [-0.39, 0.29) is 5.02 Å². The van der Waals surface area contributed by atoms with Gasteiger partial charge in [0.05, 0.1) is 5.02 Å². The third-order valence-electron chi connectivity index (χ3n) is 1.90. The summed E-state index contributed by atoms with van der Waals surface area (Å²) in [6.07, 6.45) is -0.920. The second kappa shape index (κ2) is 5.63. The van der Waals surface area contributed by atoms with Crippen molar-refractivity contribution in [1.82, 2.24) is 0 Å². The molecule has 1 aromatic carbocycles. The molecule has 1 atom stereocenters. The summed E-state index contributed by atoms with van der Waals surface area (Å²) in [5.41, 5.74) is 0.334. The number of nitrogens with one attached hydrogen (secondary N) is 1. The Kier molecular flexibility index (Phi) is 4.45. The molecule has 17 heavy (non-hydrogen) atoms. The first-order chi connectivity index (χ1) is 7.90. The third kappa shape index (κ3) is 4.03. The number of ether oxygens (including phenoxy) is 1. The SMILES string of the molecule is CC(=O)O[C@@H](C)C(=O)Nc1ccc(F)c(Cl)c1. The van der Waals surface area contributed by atoms with E-state index in [1.165, 1.54) is 26.0 Å². The fourth-order valence-electron chi connectivity index (χ4n) is 1.12. The molecule has 92 valence electrons. The van der Waals surface area contributed by atoms with Crippen LogP contribution in [-0.4, -0.2) is 18.0 Å². The first-order valence-corrected chi connectivity index (χ1v) is 5.21. The fourth-order valence-corrected chi connectivity index (χ4v) is 1.30. The van der Waals surface area contributed by atoms with Gasteiger partial charge in [-0.15, -0.1) is 0 Å². The molecular weight excluding hydrogens is 249 g/mol. The van der Waals surface area contributed by atoms with Gasteiger partial charge in [0, 0.05) is 12.6 Å². The third-order valence-corrected chi connectivity index (χ3v) is 2.19. The van der Waals surface area contributed by atoms with Crippen molar-refractivity contribution in [2.75, 3.05) is 5.32 Å². The van der Waals surface area contributed by atoms with Crippen molar-refractivity contribution >= 4 is 29.2 Å². The largest absolute Gasteiger partial charge is 0.453 e. The monoisotopic (exact) mass is 259 g/mol. The highest BCUT2D eigenvalue weighted by Gasteiger charge is 2.16. The smallest absolute Gasteiger partial charge is 0.303 e. The summed E-state index contributed by atoms with van der Waals surface area (Å²) in [5.74, 6) is -1.63. The van der Waals surface area contributed by atoms with Gasteiger partial charge in [-0.1, -0.05) is 11.6 Å². The molecule has 0 spiro atoms. The first kappa shape index (κ1) is 13.4. The molecule has 6 heteroatoms. The zero-order valence-corrected chi connectivity index (χ0v) is 10.0. The molecular formula is C11H11ClFNO3. The lowest BCUT2D eigenvalue weighted by Crippen LogP contribution is -2.29. The maximum atomic E-state index is 12.9. The van der Waals surface area contributed by atoms with E-state index in [4.69, 9.17) is 11.6 Å². The minimum absolute atomic E-state index is 0.0945. The van der Waals surface area contributed by atoms with E-state index in [9.17, 15) is 14.0 Å². The number of carbonyl (C=O) groups is 2. The number of rotatable bonds is 3. The van der Waals surface area contributed by atoms with Crippen LogP contribution >= 0.6 is 11.6 Å². The predicted octanol–water partition coefficient (Wildman–Crippen LogP) is 2.37. The maximum absolute atomic E-state index is 12.9. The van der Waals surface area contributed by atoms with E-state index in [1.807, 2.05) is 0 Å². The summed E-state index contributed by atoms with van der Waals surface area (Å²) in [4.78, 5) is 22.2. The fraction of sp³-hybridized carbons (Fsp3) is 0.273. The number of hydrogen-bond donors (Lipinski definition) is 1. The van der Waals surface area contributed by atoms with E-state index in [0.717, 1.165) is 6.07 Å². The van der Waals surface area contributed by atoms with E-state index < -0.39 is 23.8 Å². The number of esters is 1. The van der Waals surface area contributed by atoms with Gasteiger partial charge in [-0.25, -0.2) is 4.39 Å². The number of benzene rings is 1. The van der Waals surface area contributed by atoms with Crippen molar-refractivity contribution in [3.8, 4) is 0 Å². The number of anilines is 1. The van der Waals surface area contributed by atoms with Crippen LogP contribution in [0, 0.1) is 5.82 Å². The average molecular weight is 260 g/mol. The molecule has 0 bridgehead atoms. The Hall–Kier alpha value is -1.62. The van der Waals surface area contributed by atoms with Crippen LogP contribution in [0.3, 0.4) is 0 Å². The summed E-state index contributed by atoms with van der Waals surface area (Å²) in [7, 11) is 0. The van der Waals surface area contributed by atoms with Gasteiger partial charge in [0.25, 0.3) is 5.91 Å². The van der Waals surface area contributed by atoms with Gasteiger partial charge in [0.1, 0.15) is 5.82 Å². The normalized spacial score (nSPS) is 11.8. The van der Waals surface area contributed by atoms with Crippen LogP contribution in [0.15, 0.2) is 18.2 Å². The van der Waals surface area contributed by atoms with Gasteiger partial charge in [-0.3, -0.25) is 9.59 Å². The number of carbonyl (C=O) groups excluding carboxylic acids is 2. The molecule has 0 saturated heterocycles. The van der Waals surface area contributed by atoms with Gasteiger partial charge >= 0.3 is 5.97 Å². The minimum Gasteiger partial charge on any atom is -0.453 e. The van der Waals surface area contributed by atoms with Crippen molar-refractivity contribution in [3.63, 3.8) is 0 Å². The van der Waals surface area contributed by atoms with Gasteiger partial charge in [0.2, 0.25) is 0 Å². The molecule has 1 amide bonds. The summed E-state index contributed by atoms with van der Waals surface area (Å²) in [6, 6.07) is 3.77. The lowest BCUT2D eigenvalue weighted by atomic mass is 10.3. The summed E-state index contributed by atoms with van der Waals surface area (Å²) in [6.45, 7) is 2.64. The van der Waals surface area contributed by atoms with Crippen molar-refractivity contribution in [1.29, 1.82) is 0 Å². The first-order valence-electron chi connectivity index (χ1n) is 4.83. The van der Waals surface area contributed by atoms with Crippen LogP contribution in [0.1, 0.15) is 13.8 Å². The molecule has 0 saturated carbocycles. The lowest BCUT2D eigenvalue weighted by molar-refractivity contribution is -0.150. The summed E-state index contributed by atoms with van der Waals surface area (Å²) in [5, 5.41) is 2.35. The maximum Gasteiger partial charge on any atom is 0.303 e. The van der Waals surface area contributed by atoms with Crippen LogP contribution in [0.5, 0.6) is 0 Å². The Morgan fingerprint density at radius 2 is 2.12 bits per heavy atom. The highest BCUT2D eigenvalue weighted by Crippen LogP contribution is 2.19. The van der Waals surface area contributed by atoms with E-state index >= 15 is 0 Å². The van der Waals surface area contributed by atoms with Crippen LogP contribution < -0.4 is 5.32 Å². The Bertz CT molecular complexity index is 450. The quantitative estimate of drug-likeness (QED) is 0.848. The average Bonchev–Trinajstić information content (AvgIpc) is 2.22. The predicted molar refractivity (Wildman–Crippen MR) is 61.3 cm³/mol. The molecule has 0 aliphatic rings. The topological polar surface area (TPSA) is 55.4 Å². The molecule has 1 N–H and O–H groups in total. The molecule has 4 nitrogen and oxygen atoms in total. The zero-order chi connectivity index (χ0) is 13.0. The number of hydrogen-bond acceptors (Lipinski definition) is 3. The van der Waals surface area contributed by atoms with Crippen molar-refractivity contribution in [2.24, 2.45) is 0 Å². The second-order valence-corrected chi connectivity index (χ2v) is 3.78. The van der Waals surface area contributed by atoms with Crippen molar-refractivity contribution in [2.45, 2.75) is 20.0 Å². The van der Waals surface area contributed by atoms with Crippen LogP contribution in [0.2, 0.25) is 5.02 Å². The Balaban J connectivity index is 2.67. The zero-order valence-electron chi connectivity index (χ0n) is 9.29. The standard InChI is InChI=1S/C11H11ClFNO3/c1-6(17-7(2)15)11(16)14-8-3-4-10(13)9(12)5-8/h3-6H,1-2H3,(H,14,16)/t6-/m0/s1. The molecule has 0 aromatic heterocycles. The van der Waals surface area contributed by atoms with Crippen LogP contribution in [0.25, 0.3) is 0 Å². The molecule has 0 radical (unpaired) electrons. The summed E-state index contributed by atoms with van der Waals surface area (Å²) < 4.78 is 17.5. The van der Waals surface area contributed by atoms with Gasteiger partial charge in [-0.2, -0.15) is 0 Å². The van der Waals surface area contributed by atoms with Gasteiger partial charge in [-0.05, 0) is 25.1 Å². The van der Waals surface area contributed by atoms with E-state index in [1.54, 1.807) is 0 Å². The Morgan fingerprint density at radius 1 is 1.47 bits per heavy atom. The number of halogens is 2. The molecule has 0 unspecified atom stereocenters. The van der Waals surface area contributed by atoms with Gasteiger partial charge < -0.3 is 10.1 Å². The van der Waals surface area contributed by atoms with E-state index in [2.05, 4.69) is 10.1 Å². The van der Waals surface area contributed by atoms with Crippen molar-refractivity contribution in [3.05, 3.63) is 29.0 Å². The molecule has 0 fully saturated rings. The van der Waals surface area contributed by atoms with Gasteiger partial charge in [0.15, 0.2) is 6.10 Å². The van der Waals surface area contributed by atoms with E-state index in [0.29, 0.717) is 5.69 Å². The van der Waals surface area contributed by atoms with Crippen molar-refractivity contribution < 1.29 is 18.7 Å². The second-order valence-electron chi connectivity index (χ2n) is 3.37. The molecule has 0 heterocycles. The highest BCUT2D eigenvalue weighted by atomic mass is 35.5. The summed E-state index contributed by atoms with van der Waals surface area (Å²) >= 11 is 5.55. The number of amides is 1. The lowest BCUT2D eigenvalue weighted by Gasteiger charge is -2.12. The van der Waals surface area contributed by atoms with Crippen LogP contribution in [0.4, 0.5) is 10.1 Å². The van der Waals surface area contributed by atoms with Crippen LogP contribution in [-0.2, 0) is 14.3 Å². The minimum atomic E-state index is -0.920.